The molecule has 0 spiro atoms. The van der Waals surface area contributed by atoms with Crippen LogP contribution in [0.1, 0.15) is 58.9 Å². The molecule has 0 bridgehead atoms. The van der Waals surface area contributed by atoms with Crippen LogP contribution in [0.2, 0.25) is 5.82 Å². The van der Waals surface area contributed by atoms with Gasteiger partial charge in [0.25, 0.3) is 0 Å². The summed E-state index contributed by atoms with van der Waals surface area (Å²) in [5, 5.41) is 0. The van der Waals surface area contributed by atoms with Crippen LogP contribution in [0, 0.1) is 0 Å². The minimum Gasteiger partial charge on any atom is -0.403 e. The largest absolute Gasteiger partial charge is 0.461 e. The van der Waals surface area contributed by atoms with Gasteiger partial charge in [-0.05, 0) is 58.3 Å². The van der Waals surface area contributed by atoms with E-state index in [2.05, 4.69) is 64.6 Å². The Hall–Kier alpha value is -1.06. The smallest absolute Gasteiger partial charge is 0.403 e. The van der Waals surface area contributed by atoms with Crippen LogP contribution in [0.5, 0.6) is 0 Å². The highest BCUT2D eigenvalue weighted by Crippen LogP contribution is 2.42. The maximum atomic E-state index is 6.22. The molecule has 1 aliphatic heterocycles. The second kappa shape index (κ2) is 7.68. The number of hydrogen-bond donors (Lipinski definition) is 0. The molecule has 2 rings (SSSR count). The highest BCUT2D eigenvalue weighted by Gasteiger charge is 2.53. The van der Waals surface area contributed by atoms with E-state index in [4.69, 9.17) is 9.31 Å². The molecule has 1 fully saturated rings. The van der Waals surface area contributed by atoms with Crippen molar-refractivity contribution in [3.05, 3.63) is 48.6 Å². The molecule has 0 aliphatic carbocycles. The maximum absolute atomic E-state index is 6.22. The van der Waals surface area contributed by atoms with E-state index in [9.17, 15) is 0 Å². The van der Waals surface area contributed by atoms with E-state index >= 15 is 0 Å². The van der Waals surface area contributed by atoms with Gasteiger partial charge in [0, 0.05) is 0 Å². The Morgan fingerprint density at radius 2 is 1.65 bits per heavy atom. The first kappa shape index (κ1) is 18.3. The van der Waals surface area contributed by atoms with Crippen molar-refractivity contribution in [3.8, 4) is 0 Å². The van der Waals surface area contributed by atoms with Gasteiger partial charge >= 0.3 is 7.12 Å². The summed E-state index contributed by atoms with van der Waals surface area (Å²) in [4.78, 5) is 0. The SMILES string of the molecule is C=CCC(CCCCc1ccccc1)B1OC(C)(C)C(C)(C)O1. The summed E-state index contributed by atoms with van der Waals surface area (Å²) < 4.78 is 12.4. The van der Waals surface area contributed by atoms with E-state index in [-0.39, 0.29) is 18.3 Å². The van der Waals surface area contributed by atoms with Gasteiger partial charge in [-0.15, -0.1) is 6.58 Å². The average molecular weight is 314 g/mol. The van der Waals surface area contributed by atoms with Crippen LogP contribution in [0.3, 0.4) is 0 Å². The normalized spacial score (nSPS) is 20.4. The van der Waals surface area contributed by atoms with Gasteiger partial charge in [0.15, 0.2) is 0 Å². The van der Waals surface area contributed by atoms with Crippen LogP contribution in [-0.4, -0.2) is 18.3 Å². The van der Waals surface area contributed by atoms with E-state index in [0.29, 0.717) is 5.82 Å². The summed E-state index contributed by atoms with van der Waals surface area (Å²) in [7, 11) is -0.116. The van der Waals surface area contributed by atoms with Crippen LogP contribution in [0.15, 0.2) is 43.0 Å². The van der Waals surface area contributed by atoms with E-state index in [0.717, 1.165) is 19.3 Å². The monoisotopic (exact) mass is 314 g/mol. The highest BCUT2D eigenvalue weighted by atomic mass is 16.7. The zero-order valence-corrected chi connectivity index (χ0v) is 15.2. The summed E-state index contributed by atoms with van der Waals surface area (Å²) in [6, 6.07) is 10.7. The lowest BCUT2D eigenvalue weighted by atomic mass is 9.67. The van der Waals surface area contributed by atoms with Crippen molar-refractivity contribution < 1.29 is 9.31 Å². The molecule has 1 aromatic carbocycles. The quantitative estimate of drug-likeness (QED) is 0.361. The van der Waals surface area contributed by atoms with E-state index in [1.54, 1.807) is 0 Å². The van der Waals surface area contributed by atoms with Crippen molar-refractivity contribution in [2.45, 2.75) is 76.8 Å². The number of benzene rings is 1. The molecule has 0 N–H and O–H groups in total. The Bertz CT molecular complexity index is 480. The van der Waals surface area contributed by atoms with E-state index < -0.39 is 0 Å². The minimum absolute atomic E-state index is 0.116. The van der Waals surface area contributed by atoms with E-state index in [1.165, 1.54) is 18.4 Å². The van der Waals surface area contributed by atoms with Crippen molar-refractivity contribution in [1.82, 2.24) is 0 Å². The second-order valence-electron chi connectivity index (χ2n) is 7.64. The van der Waals surface area contributed by atoms with Crippen molar-refractivity contribution in [2.75, 3.05) is 0 Å². The zero-order chi connectivity index (χ0) is 16.9. The first-order chi connectivity index (χ1) is 10.9. The predicted molar refractivity (Wildman–Crippen MR) is 98.6 cm³/mol. The molecule has 1 saturated heterocycles. The van der Waals surface area contributed by atoms with Gasteiger partial charge in [0.05, 0.1) is 11.2 Å². The molecule has 0 radical (unpaired) electrons. The molecule has 1 atom stereocenters. The molecule has 1 heterocycles. The Morgan fingerprint density at radius 3 is 2.22 bits per heavy atom. The lowest BCUT2D eigenvalue weighted by molar-refractivity contribution is 0.00578. The Morgan fingerprint density at radius 1 is 1.04 bits per heavy atom. The van der Waals surface area contributed by atoms with Crippen molar-refractivity contribution >= 4 is 7.12 Å². The molecule has 23 heavy (non-hydrogen) atoms. The summed E-state index contributed by atoms with van der Waals surface area (Å²) >= 11 is 0. The molecular weight excluding hydrogens is 283 g/mol. The van der Waals surface area contributed by atoms with Gasteiger partial charge in [-0.25, -0.2) is 0 Å². The highest BCUT2D eigenvalue weighted by molar-refractivity contribution is 6.47. The van der Waals surface area contributed by atoms with Crippen LogP contribution < -0.4 is 0 Å². The molecule has 3 heteroatoms. The fourth-order valence-electron chi connectivity index (χ4n) is 3.04. The molecule has 0 amide bonds. The topological polar surface area (TPSA) is 18.5 Å². The van der Waals surface area contributed by atoms with Gasteiger partial charge in [0.1, 0.15) is 0 Å². The number of rotatable bonds is 8. The molecular formula is C20H31BO2. The fourth-order valence-corrected chi connectivity index (χ4v) is 3.04. The first-order valence-corrected chi connectivity index (χ1v) is 8.86. The van der Waals surface area contributed by atoms with Crippen molar-refractivity contribution in [1.29, 1.82) is 0 Å². The van der Waals surface area contributed by atoms with Gasteiger partial charge in [0.2, 0.25) is 0 Å². The van der Waals surface area contributed by atoms with Crippen LogP contribution in [0.25, 0.3) is 0 Å². The van der Waals surface area contributed by atoms with Crippen LogP contribution >= 0.6 is 0 Å². The summed E-state index contributed by atoms with van der Waals surface area (Å²) in [5.74, 6) is 0.393. The minimum atomic E-state index is -0.249. The molecule has 0 saturated carbocycles. The number of hydrogen-bond acceptors (Lipinski definition) is 2. The van der Waals surface area contributed by atoms with Crippen LogP contribution in [-0.2, 0) is 15.7 Å². The average Bonchev–Trinajstić information content (AvgIpc) is 2.72. The first-order valence-electron chi connectivity index (χ1n) is 8.86. The predicted octanol–water partition coefficient (Wildman–Crippen LogP) is 5.44. The summed E-state index contributed by atoms with van der Waals surface area (Å²) in [6.07, 6.45) is 7.60. The number of unbranched alkanes of at least 4 members (excludes halogenated alkanes) is 1. The Labute approximate surface area is 142 Å². The molecule has 1 aromatic rings. The number of allylic oxidation sites excluding steroid dienone is 1. The number of aryl methyl sites for hydroxylation is 1. The third-order valence-electron chi connectivity index (χ3n) is 5.26. The third kappa shape index (κ3) is 4.71. The maximum Gasteiger partial charge on any atom is 0.461 e. The van der Waals surface area contributed by atoms with Gasteiger partial charge in [-0.3, -0.25) is 0 Å². The second-order valence-corrected chi connectivity index (χ2v) is 7.64. The van der Waals surface area contributed by atoms with Crippen LogP contribution in [0.4, 0.5) is 0 Å². The summed E-state index contributed by atoms with van der Waals surface area (Å²) in [5.41, 5.74) is 0.922. The molecule has 2 nitrogen and oxygen atoms in total. The molecule has 126 valence electrons. The molecule has 1 aliphatic rings. The van der Waals surface area contributed by atoms with Crippen molar-refractivity contribution in [3.63, 3.8) is 0 Å². The van der Waals surface area contributed by atoms with Gasteiger partial charge in [-0.1, -0.05) is 49.2 Å². The Kier molecular flexibility index (Phi) is 6.10. The zero-order valence-electron chi connectivity index (χ0n) is 15.2. The summed E-state index contributed by atoms with van der Waals surface area (Å²) in [6.45, 7) is 12.4. The third-order valence-corrected chi connectivity index (χ3v) is 5.26. The van der Waals surface area contributed by atoms with Gasteiger partial charge in [-0.2, -0.15) is 0 Å². The Balaban J connectivity index is 1.84. The van der Waals surface area contributed by atoms with Crippen molar-refractivity contribution in [2.24, 2.45) is 0 Å². The van der Waals surface area contributed by atoms with Gasteiger partial charge < -0.3 is 9.31 Å². The van der Waals surface area contributed by atoms with E-state index in [1.807, 2.05) is 6.08 Å². The lowest BCUT2D eigenvalue weighted by Crippen LogP contribution is -2.41. The molecule has 0 aromatic heterocycles. The standard InChI is InChI=1S/C20H31BO2/c1-6-12-18(21-22-19(2,3)20(4,5)23-21)16-11-10-15-17-13-8-7-9-14-17/h6-9,13-14,18H,1,10-12,15-16H2,2-5H3. The lowest BCUT2D eigenvalue weighted by Gasteiger charge is -2.32. The fraction of sp³-hybridized carbons (Fsp3) is 0.600. The molecule has 1 unspecified atom stereocenters.